The third kappa shape index (κ3) is 7.72. The Hall–Kier alpha value is -1.69. The average molecular weight is 572 g/mol. The molecule has 9 heteroatoms. The Labute approximate surface area is 212 Å². The van der Waals surface area contributed by atoms with Gasteiger partial charge in [-0.05, 0) is 36.1 Å². The van der Waals surface area contributed by atoms with E-state index in [1.807, 2.05) is 24.3 Å². The van der Waals surface area contributed by atoms with Gasteiger partial charge in [-0.1, -0.05) is 18.2 Å². The number of carbonyl (C=O) groups excluding carboxylic acids is 1. The molecule has 176 valence electrons. The monoisotopic (exact) mass is 571 g/mol. The molecule has 1 fully saturated rings. The van der Waals surface area contributed by atoms with Crippen LogP contribution in [0.2, 0.25) is 0 Å². The normalized spacial score (nSPS) is 15.5. The van der Waals surface area contributed by atoms with Crippen LogP contribution in [0.5, 0.6) is 0 Å². The molecule has 0 spiro atoms. The van der Waals surface area contributed by atoms with Crippen LogP contribution in [0.4, 0.5) is 0 Å². The van der Waals surface area contributed by atoms with Gasteiger partial charge >= 0.3 is 0 Å². The predicted octanol–water partition coefficient (Wildman–Crippen LogP) is 3.20. The molecular formula is C23H34IN5O2S. The zero-order valence-electron chi connectivity index (χ0n) is 19.0. The van der Waals surface area contributed by atoms with E-state index in [1.54, 1.807) is 30.3 Å². The lowest BCUT2D eigenvalue weighted by molar-refractivity contribution is 0.0177. The van der Waals surface area contributed by atoms with Crippen LogP contribution in [0.3, 0.4) is 0 Å². The largest absolute Gasteiger partial charge is 0.379 e. The van der Waals surface area contributed by atoms with Gasteiger partial charge in [-0.3, -0.25) is 9.69 Å². The van der Waals surface area contributed by atoms with Crippen molar-refractivity contribution in [3.05, 3.63) is 57.8 Å². The van der Waals surface area contributed by atoms with Gasteiger partial charge in [0.25, 0.3) is 5.91 Å². The third-order valence-corrected chi connectivity index (χ3v) is 6.17. The number of aliphatic imine (C=N–C) groups is 1. The summed E-state index contributed by atoms with van der Waals surface area (Å²) in [6.07, 6.45) is 0. The van der Waals surface area contributed by atoms with E-state index >= 15 is 0 Å². The van der Waals surface area contributed by atoms with E-state index in [0.29, 0.717) is 18.2 Å². The van der Waals surface area contributed by atoms with Crippen molar-refractivity contribution in [1.29, 1.82) is 0 Å². The van der Waals surface area contributed by atoms with Crippen molar-refractivity contribution in [3.63, 3.8) is 0 Å². The first-order chi connectivity index (χ1) is 15.1. The van der Waals surface area contributed by atoms with Crippen LogP contribution in [0.15, 0.2) is 46.8 Å². The lowest BCUT2D eigenvalue weighted by Crippen LogP contribution is -2.46. The molecule has 0 bridgehead atoms. The maximum atomic E-state index is 12.1. The second-order valence-electron chi connectivity index (χ2n) is 7.65. The fourth-order valence-corrected chi connectivity index (χ4v) is 4.36. The summed E-state index contributed by atoms with van der Waals surface area (Å²) in [6, 6.07) is 12.3. The number of hydrogen-bond acceptors (Lipinski definition) is 5. The van der Waals surface area contributed by atoms with Crippen LogP contribution in [0, 0.1) is 0 Å². The predicted molar refractivity (Wildman–Crippen MR) is 142 cm³/mol. The topological polar surface area (TPSA) is 69.2 Å². The Morgan fingerprint density at radius 3 is 2.50 bits per heavy atom. The van der Waals surface area contributed by atoms with Gasteiger partial charge in [0.1, 0.15) is 0 Å². The number of thiophene rings is 1. The van der Waals surface area contributed by atoms with E-state index in [1.165, 1.54) is 4.88 Å². The summed E-state index contributed by atoms with van der Waals surface area (Å²) >= 11 is 1.79. The summed E-state index contributed by atoms with van der Waals surface area (Å²) in [4.78, 5) is 22.2. The Morgan fingerprint density at radius 2 is 1.91 bits per heavy atom. The molecule has 32 heavy (non-hydrogen) atoms. The van der Waals surface area contributed by atoms with E-state index in [-0.39, 0.29) is 29.9 Å². The number of nitrogens with one attached hydrogen (secondary N) is 2. The number of carbonyl (C=O) groups is 1. The summed E-state index contributed by atoms with van der Waals surface area (Å²) in [5.74, 6) is 0.804. The number of amides is 1. The number of halogens is 1. The van der Waals surface area contributed by atoms with Gasteiger partial charge in [0.2, 0.25) is 0 Å². The molecule has 1 unspecified atom stereocenters. The highest BCUT2D eigenvalue weighted by Crippen LogP contribution is 2.25. The first kappa shape index (κ1) is 26.6. The maximum absolute atomic E-state index is 12.1. The van der Waals surface area contributed by atoms with E-state index < -0.39 is 0 Å². The molecule has 0 radical (unpaired) electrons. The van der Waals surface area contributed by atoms with Crippen molar-refractivity contribution in [1.82, 2.24) is 20.4 Å². The van der Waals surface area contributed by atoms with Gasteiger partial charge in [-0.25, -0.2) is 4.99 Å². The van der Waals surface area contributed by atoms with Crippen molar-refractivity contribution in [2.75, 3.05) is 53.5 Å². The molecule has 1 amide bonds. The lowest BCUT2D eigenvalue weighted by atomic mass is 10.1. The van der Waals surface area contributed by atoms with E-state index in [4.69, 9.17) is 9.73 Å². The van der Waals surface area contributed by atoms with Crippen LogP contribution in [0.1, 0.15) is 33.8 Å². The number of rotatable bonds is 8. The Balaban J connectivity index is 0.00000363. The highest BCUT2D eigenvalue weighted by molar-refractivity contribution is 14.0. The Morgan fingerprint density at radius 1 is 1.19 bits per heavy atom. The molecule has 1 aromatic heterocycles. The molecule has 2 heterocycles. The summed E-state index contributed by atoms with van der Waals surface area (Å²) in [7, 11) is 3.52. The first-order valence-electron chi connectivity index (χ1n) is 10.8. The first-order valence-corrected chi connectivity index (χ1v) is 11.6. The summed E-state index contributed by atoms with van der Waals surface area (Å²) in [5, 5.41) is 8.99. The summed E-state index contributed by atoms with van der Waals surface area (Å²) in [5.41, 5.74) is 1.75. The third-order valence-electron chi connectivity index (χ3n) is 5.19. The SMILES string of the molecule is CCNC(=NCc1ccc(C(=O)N(C)C)cc1)NCC(c1cccs1)N1CCOCC1.I. The van der Waals surface area contributed by atoms with Crippen molar-refractivity contribution in [3.8, 4) is 0 Å². The average Bonchev–Trinajstić information content (AvgIpc) is 3.32. The molecule has 0 saturated carbocycles. The van der Waals surface area contributed by atoms with Crippen molar-refractivity contribution >= 4 is 47.2 Å². The van der Waals surface area contributed by atoms with E-state index in [9.17, 15) is 4.79 Å². The Bertz CT molecular complexity index is 837. The molecule has 1 saturated heterocycles. The van der Waals surface area contributed by atoms with Gasteiger partial charge < -0.3 is 20.3 Å². The number of guanidine groups is 1. The van der Waals surface area contributed by atoms with Crippen molar-refractivity contribution in [2.24, 2.45) is 4.99 Å². The zero-order chi connectivity index (χ0) is 22.1. The number of benzene rings is 1. The van der Waals surface area contributed by atoms with Gasteiger partial charge in [0.05, 0.1) is 25.8 Å². The minimum Gasteiger partial charge on any atom is -0.379 e. The molecule has 1 aromatic carbocycles. The minimum absolute atomic E-state index is 0. The van der Waals surface area contributed by atoms with Crippen LogP contribution in [0.25, 0.3) is 0 Å². The number of ether oxygens (including phenoxy) is 1. The molecule has 7 nitrogen and oxygen atoms in total. The molecule has 1 atom stereocenters. The highest BCUT2D eigenvalue weighted by Gasteiger charge is 2.23. The lowest BCUT2D eigenvalue weighted by Gasteiger charge is -2.34. The van der Waals surface area contributed by atoms with Gasteiger partial charge in [0, 0.05) is 50.7 Å². The number of nitrogens with zero attached hydrogens (tertiary/aromatic N) is 3. The van der Waals surface area contributed by atoms with E-state index in [2.05, 4.69) is 40.0 Å². The molecule has 1 aliphatic rings. The Kier molecular flexibility index (Phi) is 11.4. The molecular weight excluding hydrogens is 537 g/mol. The van der Waals surface area contributed by atoms with E-state index in [0.717, 1.165) is 50.9 Å². The summed E-state index contributed by atoms with van der Waals surface area (Å²) < 4.78 is 5.54. The van der Waals surface area contributed by atoms with Crippen molar-refractivity contribution < 1.29 is 9.53 Å². The zero-order valence-corrected chi connectivity index (χ0v) is 22.2. The van der Waals surface area contributed by atoms with Gasteiger partial charge in [-0.15, -0.1) is 35.3 Å². The summed E-state index contributed by atoms with van der Waals surface area (Å²) in [6.45, 7) is 7.63. The molecule has 2 N–H and O–H groups in total. The molecule has 1 aliphatic heterocycles. The smallest absolute Gasteiger partial charge is 0.253 e. The maximum Gasteiger partial charge on any atom is 0.253 e. The second-order valence-corrected chi connectivity index (χ2v) is 8.63. The highest BCUT2D eigenvalue weighted by atomic mass is 127. The fourth-order valence-electron chi connectivity index (χ4n) is 3.50. The van der Waals surface area contributed by atoms with Crippen LogP contribution < -0.4 is 10.6 Å². The fraction of sp³-hybridized carbons (Fsp3) is 0.478. The quantitative estimate of drug-likeness (QED) is 0.290. The van der Waals surface area contributed by atoms with Gasteiger partial charge in [-0.2, -0.15) is 0 Å². The molecule has 2 aromatic rings. The van der Waals surface area contributed by atoms with Crippen LogP contribution in [-0.2, 0) is 11.3 Å². The number of morpholine rings is 1. The second kappa shape index (κ2) is 13.8. The molecule has 0 aliphatic carbocycles. The minimum atomic E-state index is 0. The van der Waals surface area contributed by atoms with Crippen molar-refractivity contribution in [2.45, 2.75) is 19.5 Å². The van der Waals surface area contributed by atoms with Gasteiger partial charge in [0.15, 0.2) is 5.96 Å². The van der Waals surface area contributed by atoms with Crippen LogP contribution >= 0.6 is 35.3 Å². The van der Waals surface area contributed by atoms with Crippen LogP contribution in [-0.4, -0.2) is 75.2 Å². The number of hydrogen-bond donors (Lipinski definition) is 2. The standard InChI is InChI=1S/C23H33N5O2S.HI/c1-4-24-23(25-16-18-7-9-19(10-8-18)22(29)27(2)3)26-17-20(21-6-5-15-31-21)28-11-13-30-14-12-28;/h5-10,15,20H,4,11-14,16-17H2,1-3H3,(H2,24,25,26);1H. The molecule has 3 rings (SSSR count).